The monoisotopic (exact) mass is 485 g/mol. The van der Waals surface area contributed by atoms with Crippen LogP contribution >= 0.6 is 11.6 Å². The molecule has 2 aromatic heterocycles. The standard InChI is InChI=1S/C27H24ClN5O2/c28-21-5-3-4-20(12-21)23-14-24(23)27(35)31-25-13-22(16-30-32-25)29-15-18-7-9-19(10-8-18)17-33-11-2-1-6-26(33)34/h1-13,16,23-24H,14-15,17H2,(H2,29,31,32,35)/t23-,24-/m1/s1. The smallest absolute Gasteiger partial charge is 0.250 e. The maximum atomic E-state index is 12.7. The largest absolute Gasteiger partial charge is 0.380 e. The van der Waals surface area contributed by atoms with Crippen molar-refractivity contribution >= 4 is 29.0 Å². The fourth-order valence-corrected chi connectivity index (χ4v) is 4.29. The summed E-state index contributed by atoms with van der Waals surface area (Å²) in [5.74, 6) is 0.457. The van der Waals surface area contributed by atoms with Crippen molar-refractivity contribution in [2.24, 2.45) is 5.92 Å². The Bertz CT molecular complexity index is 1400. The molecule has 7 nitrogen and oxygen atoms in total. The summed E-state index contributed by atoms with van der Waals surface area (Å²) in [4.78, 5) is 24.6. The van der Waals surface area contributed by atoms with E-state index in [1.165, 1.54) is 0 Å². The first-order valence-electron chi connectivity index (χ1n) is 11.4. The molecule has 1 amide bonds. The Kier molecular flexibility index (Phi) is 6.59. The number of nitrogens with one attached hydrogen (secondary N) is 2. The van der Waals surface area contributed by atoms with E-state index >= 15 is 0 Å². The van der Waals surface area contributed by atoms with Crippen LogP contribution in [0.3, 0.4) is 0 Å². The highest BCUT2D eigenvalue weighted by molar-refractivity contribution is 6.30. The SMILES string of the molecule is O=C(Nc1cc(NCc2ccc(Cn3ccccc3=O)cc2)cnn1)[C@@H]1C[C@@H]1c1cccc(Cl)c1. The summed E-state index contributed by atoms with van der Waals surface area (Å²) in [5.41, 5.74) is 3.96. The summed E-state index contributed by atoms with van der Waals surface area (Å²) in [6, 6.07) is 22.6. The van der Waals surface area contributed by atoms with Gasteiger partial charge < -0.3 is 15.2 Å². The van der Waals surface area contributed by atoms with Gasteiger partial charge in [-0.2, -0.15) is 5.10 Å². The predicted octanol–water partition coefficient (Wildman–Crippen LogP) is 4.69. The number of halogens is 1. The molecule has 0 spiro atoms. The van der Waals surface area contributed by atoms with Crippen molar-refractivity contribution in [3.05, 3.63) is 117 Å². The average Bonchev–Trinajstić information content (AvgIpc) is 3.67. The lowest BCUT2D eigenvalue weighted by Crippen LogP contribution is -2.18. The Morgan fingerprint density at radius 3 is 2.66 bits per heavy atom. The lowest BCUT2D eigenvalue weighted by molar-refractivity contribution is -0.117. The minimum atomic E-state index is -0.0860. The number of pyridine rings is 1. The maximum Gasteiger partial charge on any atom is 0.250 e. The van der Waals surface area contributed by atoms with Crippen molar-refractivity contribution in [2.45, 2.75) is 25.4 Å². The number of anilines is 2. The lowest BCUT2D eigenvalue weighted by atomic mass is 10.1. The van der Waals surface area contributed by atoms with Gasteiger partial charge in [-0.1, -0.05) is 54.1 Å². The van der Waals surface area contributed by atoms with E-state index in [-0.39, 0.29) is 23.3 Å². The van der Waals surface area contributed by atoms with Gasteiger partial charge in [-0.15, -0.1) is 5.10 Å². The topological polar surface area (TPSA) is 88.9 Å². The Morgan fingerprint density at radius 2 is 1.86 bits per heavy atom. The molecule has 1 aliphatic carbocycles. The molecule has 8 heteroatoms. The molecule has 2 heterocycles. The molecule has 1 fully saturated rings. The molecule has 2 N–H and O–H groups in total. The van der Waals surface area contributed by atoms with Crippen LogP contribution in [0.25, 0.3) is 0 Å². The van der Waals surface area contributed by atoms with Crippen LogP contribution < -0.4 is 16.2 Å². The molecular formula is C27H24ClN5O2. The predicted molar refractivity (Wildman–Crippen MR) is 137 cm³/mol. The fourth-order valence-electron chi connectivity index (χ4n) is 4.09. The molecule has 0 bridgehead atoms. The zero-order chi connectivity index (χ0) is 24.2. The number of rotatable bonds is 8. The van der Waals surface area contributed by atoms with E-state index < -0.39 is 0 Å². The molecule has 0 saturated heterocycles. The summed E-state index contributed by atoms with van der Waals surface area (Å²) in [7, 11) is 0. The molecule has 4 aromatic rings. The summed E-state index contributed by atoms with van der Waals surface area (Å²) >= 11 is 6.07. The fraction of sp³-hybridized carbons (Fsp3) is 0.185. The van der Waals surface area contributed by atoms with Crippen LogP contribution in [-0.4, -0.2) is 20.7 Å². The summed E-state index contributed by atoms with van der Waals surface area (Å²) < 4.78 is 1.67. The third kappa shape index (κ3) is 5.75. The number of nitrogens with zero attached hydrogens (tertiary/aromatic N) is 3. The number of hydrogen-bond donors (Lipinski definition) is 2. The summed E-state index contributed by atoms with van der Waals surface area (Å²) in [6.07, 6.45) is 4.20. The maximum absolute atomic E-state index is 12.7. The van der Waals surface area contributed by atoms with Crippen molar-refractivity contribution < 1.29 is 4.79 Å². The minimum Gasteiger partial charge on any atom is -0.380 e. The first kappa shape index (κ1) is 22.8. The molecule has 5 rings (SSSR count). The van der Waals surface area contributed by atoms with Gasteiger partial charge in [0.15, 0.2) is 5.82 Å². The quantitative estimate of drug-likeness (QED) is 0.378. The molecule has 0 radical (unpaired) electrons. The number of carbonyl (C=O) groups excluding carboxylic acids is 1. The van der Waals surface area contributed by atoms with Gasteiger partial charge in [0, 0.05) is 35.8 Å². The number of amides is 1. The zero-order valence-corrected chi connectivity index (χ0v) is 19.7. The second-order valence-corrected chi connectivity index (χ2v) is 9.10. The van der Waals surface area contributed by atoms with Gasteiger partial charge in [0.2, 0.25) is 5.91 Å². The first-order valence-corrected chi connectivity index (χ1v) is 11.8. The molecule has 0 aliphatic heterocycles. The highest BCUT2D eigenvalue weighted by Gasteiger charge is 2.44. The molecule has 1 saturated carbocycles. The van der Waals surface area contributed by atoms with E-state index in [0.717, 1.165) is 28.8 Å². The van der Waals surface area contributed by atoms with Crippen molar-refractivity contribution in [1.82, 2.24) is 14.8 Å². The Hall–Kier alpha value is -3.97. The van der Waals surface area contributed by atoms with E-state index in [4.69, 9.17) is 11.6 Å². The number of carbonyl (C=O) groups is 1. The molecule has 2 aromatic carbocycles. The van der Waals surface area contributed by atoms with Crippen LogP contribution in [0.15, 0.2) is 90.0 Å². The molecule has 176 valence electrons. The van der Waals surface area contributed by atoms with E-state index in [0.29, 0.717) is 23.9 Å². The van der Waals surface area contributed by atoms with Crippen LogP contribution in [0.4, 0.5) is 11.5 Å². The molecular weight excluding hydrogens is 462 g/mol. The van der Waals surface area contributed by atoms with Gasteiger partial charge in [-0.05, 0) is 47.2 Å². The van der Waals surface area contributed by atoms with Gasteiger partial charge in [-0.3, -0.25) is 9.59 Å². The first-order chi connectivity index (χ1) is 17.0. The Balaban J connectivity index is 1.14. The van der Waals surface area contributed by atoms with Crippen LogP contribution in [0.5, 0.6) is 0 Å². The highest BCUT2D eigenvalue weighted by atomic mass is 35.5. The summed E-state index contributed by atoms with van der Waals surface area (Å²) in [6.45, 7) is 1.12. The van der Waals surface area contributed by atoms with E-state index in [2.05, 4.69) is 20.8 Å². The van der Waals surface area contributed by atoms with Crippen molar-refractivity contribution in [3.8, 4) is 0 Å². The van der Waals surface area contributed by atoms with Crippen molar-refractivity contribution in [1.29, 1.82) is 0 Å². The third-order valence-corrected chi connectivity index (χ3v) is 6.32. The molecule has 2 atom stereocenters. The van der Waals surface area contributed by atoms with Gasteiger partial charge in [0.25, 0.3) is 5.56 Å². The minimum absolute atomic E-state index is 0.0204. The van der Waals surface area contributed by atoms with Crippen LogP contribution in [0.2, 0.25) is 5.02 Å². The third-order valence-electron chi connectivity index (χ3n) is 6.08. The number of aromatic nitrogens is 3. The number of hydrogen-bond acceptors (Lipinski definition) is 5. The van der Waals surface area contributed by atoms with Crippen LogP contribution in [-0.2, 0) is 17.9 Å². The Morgan fingerprint density at radius 1 is 1.03 bits per heavy atom. The highest BCUT2D eigenvalue weighted by Crippen LogP contribution is 2.48. The van der Waals surface area contributed by atoms with E-state index in [1.807, 2.05) is 54.6 Å². The van der Waals surface area contributed by atoms with Gasteiger partial charge in [-0.25, -0.2) is 0 Å². The molecule has 35 heavy (non-hydrogen) atoms. The number of benzene rings is 2. The van der Waals surface area contributed by atoms with Crippen LogP contribution in [0.1, 0.15) is 29.0 Å². The normalized spacial score (nSPS) is 16.5. The van der Waals surface area contributed by atoms with Gasteiger partial charge in [0.1, 0.15) is 0 Å². The van der Waals surface area contributed by atoms with Gasteiger partial charge in [0.05, 0.1) is 18.4 Å². The summed E-state index contributed by atoms with van der Waals surface area (Å²) in [5, 5.41) is 14.9. The van der Waals surface area contributed by atoms with E-state index in [1.54, 1.807) is 35.2 Å². The Labute approximate surface area is 207 Å². The zero-order valence-electron chi connectivity index (χ0n) is 18.9. The van der Waals surface area contributed by atoms with Crippen molar-refractivity contribution in [3.63, 3.8) is 0 Å². The average molecular weight is 486 g/mol. The second kappa shape index (κ2) is 10.1. The lowest BCUT2D eigenvalue weighted by Gasteiger charge is -2.10. The van der Waals surface area contributed by atoms with Gasteiger partial charge >= 0.3 is 0 Å². The van der Waals surface area contributed by atoms with E-state index in [9.17, 15) is 9.59 Å². The van der Waals surface area contributed by atoms with Crippen LogP contribution in [0, 0.1) is 5.92 Å². The molecule has 0 unspecified atom stereocenters. The van der Waals surface area contributed by atoms with Crippen molar-refractivity contribution in [2.75, 3.05) is 10.6 Å². The molecule has 1 aliphatic rings. The second-order valence-electron chi connectivity index (χ2n) is 8.66.